The number of likely N-dealkylation sites (N-methyl/N-ethyl adjacent to an activating group) is 2. The Hall–Kier alpha value is -7.99. The van der Waals surface area contributed by atoms with Crippen LogP contribution in [0.4, 0.5) is 25.4 Å². The minimum atomic E-state index is -3.19. The van der Waals surface area contributed by atoms with Gasteiger partial charge in [-0.25, -0.2) is 18.8 Å². The van der Waals surface area contributed by atoms with E-state index in [1.165, 1.54) is 33.0 Å². The van der Waals surface area contributed by atoms with E-state index in [4.69, 9.17) is 58.8 Å². The average Bonchev–Trinajstić information content (AvgIpc) is 1.72. The maximum atomic E-state index is 16.9. The number of cyclic esters (lactones) is 2. The number of hydrogen-bond acceptors (Lipinski definition) is 28. The molecule has 33 heteroatoms. The minimum Gasteiger partial charge on any atom is -0.458 e. The van der Waals surface area contributed by atoms with Crippen LogP contribution in [0.25, 0.3) is 22.5 Å². The predicted molar refractivity (Wildman–Crippen MR) is 438 cm³/mol. The molecule has 4 aromatic rings. The number of halogens is 1. The van der Waals surface area contributed by atoms with E-state index in [-0.39, 0.29) is 74.6 Å². The SMILES string of the molecule is CC[C@H]1OC(=O)[C@@](C)(F)C(=O)[C@H](C)[C@@H](O[C@@H]2OC(C)CC(N(C)C)C2O)[C@](C)(OC)C[C@@H](C)C(=O)[C@H](C)[C@H]2N(CCCCn3cc(-c4cccc(N)c4)nn3)C(=O)O[C@]12C.CC[C@H]1OC(=O)[C@H](C)C(=O)[C@H](C)[C@@H](O[C@@H]2OC(C)CC(N(C)C)C2O)[C@](C)(OC)C[C@@H](C)C(=O)[C@H](C)[C@H]2N(CCCCn3cc(-c4cccc(N)c4)nn3)C(=O)O[C@]12C. The van der Waals surface area contributed by atoms with Gasteiger partial charge in [-0.1, -0.05) is 90.1 Å². The number of nitrogens with two attached hydrogens (primary N) is 2. The number of fused-ring (bicyclic) bond motifs is 2. The molecule has 32 nitrogen and oxygen atoms in total. The van der Waals surface area contributed by atoms with E-state index >= 15 is 4.39 Å². The molecule has 0 aliphatic carbocycles. The van der Waals surface area contributed by atoms with Crippen molar-refractivity contribution in [3.05, 3.63) is 60.9 Å². The van der Waals surface area contributed by atoms with Gasteiger partial charge in [-0.2, -0.15) is 0 Å². The standard InChI is InChI=1S/C43H65FN6O10.C43H66N6O10/c1-12-32-43(8)35(50(40(55)60-43)19-14-13-18-49-23-30(46-47-49)28-16-15-17-29(45)21-28)26(4)33(51)24(2)22-41(6,56-11)37(27(5)36(53)42(7,44)39(54)58-32)59-38-34(52)31(48(9)10)20-25(3)57-38;1-12-33-43(8)37(49(41(54)59-43)19-14-13-18-48-23-31(45-46-48)29-16-15-17-30(44)21-29)26(4)34(50)24(2)22-42(7,55-11)38(27(5)35(51)28(6)39(53)57-33)58-40-36(52)32(47(9)10)20-25(3)56-40/h15-17,21,23-27,31-32,34-35,37-38,52H,12-14,18-20,22,45H2,1-11H3;15-17,21,23-28,32-33,36-38,40,52H,12-14,18-20,22,44H2,1-11H3/t24-,25?,26+,27+,31?,32-,34?,35-,37-,38+,41-,42+,43-;24-,25?,26+,27+,28-,32?,33-,36?,37-,38-,40+,42-,43-/m11/s1. The highest BCUT2D eigenvalue weighted by Crippen LogP contribution is 2.47. The highest BCUT2D eigenvalue weighted by Gasteiger charge is 2.64. The smallest absolute Gasteiger partial charge is 0.410 e. The number of benzene rings is 2. The zero-order chi connectivity index (χ0) is 88.0. The molecule has 10 rings (SSSR count). The lowest BCUT2D eigenvalue weighted by Crippen LogP contribution is -2.61. The Balaban J connectivity index is 0.000000271. The van der Waals surface area contributed by atoms with Crippen LogP contribution in [-0.2, 0) is 89.2 Å². The van der Waals surface area contributed by atoms with Crippen molar-refractivity contribution in [3.8, 4) is 22.5 Å². The minimum absolute atomic E-state index is 0.0111. The summed E-state index contributed by atoms with van der Waals surface area (Å²) < 4.78 is 82.1. The van der Waals surface area contributed by atoms with Crippen molar-refractivity contribution >= 4 is 58.6 Å². The van der Waals surface area contributed by atoms with Crippen molar-refractivity contribution in [1.29, 1.82) is 0 Å². The molecule has 26 atom stereocenters. The van der Waals surface area contributed by atoms with Crippen LogP contribution in [0.15, 0.2) is 60.9 Å². The number of anilines is 2. The predicted octanol–water partition coefficient (Wildman–Crippen LogP) is 9.11. The molecule has 2 aromatic heterocycles. The normalized spacial score (nSPS) is 36.7. The Morgan fingerprint density at radius 2 is 0.933 bits per heavy atom. The molecule has 6 unspecified atom stereocenters. The summed E-state index contributed by atoms with van der Waals surface area (Å²) in [7, 11) is 10.3. The molecule has 6 N–H and O–H groups in total. The van der Waals surface area contributed by atoms with Gasteiger partial charge >= 0.3 is 24.1 Å². The van der Waals surface area contributed by atoms with Crippen LogP contribution < -0.4 is 11.5 Å². The second-order valence-electron chi connectivity index (χ2n) is 35.4. The van der Waals surface area contributed by atoms with Crippen molar-refractivity contribution in [2.24, 2.45) is 41.4 Å². The summed E-state index contributed by atoms with van der Waals surface area (Å²) >= 11 is 0. The zero-order valence-electron chi connectivity index (χ0n) is 73.5. The summed E-state index contributed by atoms with van der Waals surface area (Å²) in [6.07, 6.45) is -3.69. The third-order valence-electron chi connectivity index (χ3n) is 25.9. The maximum absolute atomic E-state index is 16.9. The van der Waals surface area contributed by atoms with E-state index in [0.29, 0.717) is 74.4 Å². The fraction of sp³-hybridized carbons (Fsp3) is 0.721. The van der Waals surface area contributed by atoms with Crippen molar-refractivity contribution in [1.82, 2.24) is 49.6 Å². The number of aliphatic hydroxyl groups is 2. The average molecular weight is 1670 g/mol. The van der Waals surface area contributed by atoms with Gasteiger partial charge in [-0.05, 0) is 172 Å². The summed E-state index contributed by atoms with van der Waals surface area (Å²) in [5, 5.41) is 39.9. The quantitative estimate of drug-likeness (QED) is 0.0187. The maximum Gasteiger partial charge on any atom is 0.410 e. The molecule has 662 valence electrons. The molecule has 0 radical (unpaired) electrons. The first-order chi connectivity index (χ1) is 55.8. The van der Waals surface area contributed by atoms with E-state index in [2.05, 4.69) is 20.6 Å². The number of aryl methyl sites for hydroxylation is 2. The number of ketones is 4. The Bertz CT molecular complexity index is 4190. The number of esters is 2. The number of unbranched alkanes of at least 4 members (excludes halogenated alkanes) is 2. The first-order valence-electron chi connectivity index (χ1n) is 42.0. The largest absolute Gasteiger partial charge is 0.458 e. The number of rotatable bonds is 22. The Morgan fingerprint density at radius 1 is 0.546 bits per heavy atom. The van der Waals surface area contributed by atoms with Gasteiger partial charge in [0.2, 0.25) is 0 Å². The highest BCUT2D eigenvalue weighted by atomic mass is 19.1. The van der Waals surface area contributed by atoms with Crippen molar-refractivity contribution in [3.63, 3.8) is 0 Å². The highest BCUT2D eigenvalue weighted by molar-refractivity contribution is 6.08. The number of hydrogen-bond donors (Lipinski definition) is 4. The number of carbonyl (C=O) groups excluding carboxylic acids is 8. The van der Waals surface area contributed by atoms with Gasteiger partial charge in [-0.3, -0.25) is 33.3 Å². The lowest BCUT2D eigenvalue weighted by Gasteiger charge is -2.47. The van der Waals surface area contributed by atoms with Gasteiger partial charge in [0.1, 0.15) is 53.3 Å². The van der Waals surface area contributed by atoms with Crippen molar-refractivity contribution in [2.45, 2.75) is 302 Å². The van der Waals surface area contributed by atoms with Crippen LogP contribution in [0.5, 0.6) is 0 Å². The Morgan fingerprint density at radius 3 is 1.31 bits per heavy atom. The molecule has 6 aliphatic heterocycles. The van der Waals surface area contributed by atoms with Gasteiger partial charge < -0.3 is 88.6 Å². The Labute approximate surface area is 699 Å². The molecule has 6 fully saturated rings. The second-order valence-corrected chi connectivity index (χ2v) is 35.4. The zero-order valence-corrected chi connectivity index (χ0v) is 73.5. The van der Waals surface area contributed by atoms with Crippen LogP contribution in [0.2, 0.25) is 0 Å². The van der Waals surface area contributed by atoms with Crippen LogP contribution in [-0.4, -0.2) is 276 Å². The third kappa shape index (κ3) is 20.5. The molecule has 6 saturated heterocycles. The second kappa shape index (κ2) is 39.0. The number of aromatic nitrogens is 6. The molecule has 119 heavy (non-hydrogen) atoms. The number of amides is 2. The number of ether oxygens (including phenoxy) is 10. The monoisotopic (exact) mass is 1670 g/mol. The van der Waals surface area contributed by atoms with Crippen LogP contribution in [0.1, 0.15) is 175 Å². The third-order valence-corrected chi connectivity index (χ3v) is 25.9. The lowest BCUT2D eigenvalue weighted by atomic mass is 9.73. The first kappa shape index (κ1) is 94.9. The summed E-state index contributed by atoms with van der Waals surface area (Å²) in [5.74, 6) is -10.9. The van der Waals surface area contributed by atoms with E-state index in [9.17, 15) is 48.6 Å². The van der Waals surface area contributed by atoms with Gasteiger partial charge in [0.15, 0.2) is 35.3 Å². The summed E-state index contributed by atoms with van der Waals surface area (Å²) in [6.45, 7) is 27.9. The topological polar surface area (TPSA) is 396 Å². The molecular formula is C86H131FN12O20. The van der Waals surface area contributed by atoms with Crippen LogP contribution >= 0.6 is 0 Å². The number of Topliss-reactive ketones (excluding diaryl/α,β-unsaturated/α-hetero) is 4. The summed E-state index contributed by atoms with van der Waals surface area (Å²) in [5.41, 5.74) is 7.23. The summed E-state index contributed by atoms with van der Waals surface area (Å²) in [6, 6.07) is 12.3. The van der Waals surface area contributed by atoms with E-state index in [1.807, 2.05) is 108 Å². The van der Waals surface area contributed by atoms with Crippen molar-refractivity contribution in [2.75, 3.05) is 67.0 Å². The van der Waals surface area contributed by atoms with E-state index in [1.54, 1.807) is 95.6 Å². The molecule has 0 saturated carbocycles. The summed E-state index contributed by atoms with van der Waals surface area (Å²) in [4.78, 5) is 120. The Kier molecular flexibility index (Phi) is 31.1. The molecule has 0 spiro atoms. The van der Waals surface area contributed by atoms with Crippen molar-refractivity contribution < 1.29 is 100 Å². The molecule has 2 amide bonds. The molecule has 6 aliphatic rings. The number of aliphatic hydroxyl groups excluding tert-OH is 2. The molecule has 8 heterocycles. The van der Waals surface area contributed by atoms with Gasteiger partial charge in [-0.15, -0.1) is 10.2 Å². The molecule has 2 aromatic carbocycles. The first-order valence-corrected chi connectivity index (χ1v) is 42.0. The number of alkyl halides is 1. The molecular weight excluding hydrogens is 1540 g/mol. The fourth-order valence-electron chi connectivity index (χ4n) is 19.0. The van der Waals surface area contributed by atoms with E-state index < -0.39 is 166 Å². The number of carbonyl (C=O) groups is 8. The van der Waals surface area contributed by atoms with E-state index in [0.717, 1.165) is 18.1 Å². The molecule has 0 bridgehead atoms. The number of methoxy groups -OCH3 is 2. The van der Waals surface area contributed by atoms with Crippen LogP contribution in [0.3, 0.4) is 0 Å². The van der Waals surface area contributed by atoms with Crippen LogP contribution in [0, 0.1) is 41.4 Å². The number of nitrogen functional groups attached to an aromatic ring is 2. The van der Waals surface area contributed by atoms with Gasteiger partial charge in [0, 0.05) is 110 Å². The van der Waals surface area contributed by atoms with Gasteiger partial charge in [0.25, 0.3) is 5.67 Å². The fourth-order valence-corrected chi connectivity index (χ4v) is 19.0. The van der Waals surface area contributed by atoms with Gasteiger partial charge in [0.05, 0.1) is 60.1 Å². The lowest BCUT2D eigenvalue weighted by molar-refractivity contribution is -0.295. The number of nitrogens with zero attached hydrogens (tertiary/aromatic N) is 10.